The predicted molar refractivity (Wildman–Crippen MR) is 130 cm³/mol. The molecule has 2 heterocycles. The van der Waals surface area contributed by atoms with Crippen LogP contribution in [0.2, 0.25) is 0 Å². The zero-order valence-corrected chi connectivity index (χ0v) is 18.5. The van der Waals surface area contributed by atoms with Gasteiger partial charge >= 0.3 is 0 Å². The molecule has 166 valence electrons. The molecule has 0 radical (unpaired) electrons. The lowest BCUT2D eigenvalue weighted by molar-refractivity contribution is 0.211. The summed E-state index contributed by atoms with van der Waals surface area (Å²) in [5.41, 5.74) is 3.90. The smallest absolute Gasteiger partial charge is 0.274 e. The monoisotopic (exact) mass is 437 g/mol. The van der Waals surface area contributed by atoms with Gasteiger partial charge < -0.3 is 4.90 Å². The lowest BCUT2D eigenvalue weighted by atomic mass is 9.96. The van der Waals surface area contributed by atoms with Crippen molar-refractivity contribution in [3.63, 3.8) is 0 Å². The van der Waals surface area contributed by atoms with E-state index in [-0.39, 0.29) is 11.6 Å². The highest BCUT2D eigenvalue weighted by Gasteiger charge is 2.27. The SMILES string of the molecule is O=c1[nH]c(N2CCN(C(c3ccccc3)c3ccccc3)CC2)nnc1Cc1ccccc1. The van der Waals surface area contributed by atoms with Gasteiger partial charge in [0.25, 0.3) is 5.56 Å². The molecule has 1 aliphatic rings. The second kappa shape index (κ2) is 9.79. The van der Waals surface area contributed by atoms with E-state index in [1.165, 1.54) is 11.1 Å². The summed E-state index contributed by atoms with van der Waals surface area (Å²) in [5.74, 6) is 0.549. The predicted octanol–water partition coefficient (Wildman–Crippen LogP) is 3.67. The number of aromatic nitrogens is 3. The summed E-state index contributed by atoms with van der Waals surface area (Å²) in [4.78, 5) is 20.2. The quantitative estimate of drug-likeness (QED) is 0.499. The largest absolute Gasteiger partial charge is 0.338 e. The van der Waals surface area contributed by atoms with Crippen molar-refractivity contribution >= 4 is 5.95 Å². The van der Waals surface area contributed by atoms with Crippen LogP contribution in [0.4, 0.5) is 5.95 Å². The summed E-state index contributed by atoms with van der Waals surface area (Å²) in [7, 11) is 0. The van der Waals surface area contributed by atoms with Crippen molar-refractivity contribution < 1.29 is 0 Å². The van der Waals surface area contributed by atoms with Gasteiger partial charge in [-0.1, -0.05) is 91.0 Å². The van der Waals surface area contributed by atoms with Crippen LogP contribution in [0.25, 0.3) is 0 Å². The van der Waals surface area contributed by atoms with Gasteiger partial charge in [0.15, 0.2) is 0 Å². The fourth-order valence-corrected chi connectivity index (χ4v) is 4.48. The van der Waals surface area contributed by atoms with E-state index in [1.807, 2.05) is 30.3 Å². The molecule has 1 aromatic heterocycles. The van der Waals surface area contributed by atoms with E-state index in [0.29, 0.717) is 18.1 Å². The molecule has 33 heavy (non-hydrogen) atoms. The third-order valence-corrected chi connectivity index (χ3v) is 6.18. The molecular weight excluding hydrogens is 410 g/mol. The Labute approximate surface area is 193 Å². The number of hydrogen-bond acceptors (Lipinski definition) is 5. The fraction of sp³-hybridized carbons (Fsp3) is 0.222. The van der Waals surface area contributed by atoms with E-state index >= 15 is 0 Å². The van der Waals surface area contributed by atoms with Gasteiger partial charge in [0, 0.05) is 32.6 Å². The van der Waals surface area contributed by atoms with Crippen LogP contribution in [0, 0.1) is 0 Å². The van der Waals surface area contributed by atoms with Crippen LogP contribution in [0.3, 0.4) is 0 Å². The van der Waals surface area contributed by atoms with Gasteiger partial charge in [-0.15, -0.1) is 10.2 Å². The number of H-pyrrole nitrogens is 1. The van der Waals surface area contributed by atoms with Gasteiger partial charge in [-0.2, -0.15) is 0 Å². The number of benzene rings is 3. The molecule has 4 aromatic rings. The van der Waals surface area contributed by atoms with E-state index < -0.39 is 0 Å². The zero-order valence-electron chi connectivity index (χ0n) is 18.5. The first-order chi connectivity index (χ1) is 16.3. The first kappa shape index (κ1) is 21.1. The molecule has 6 heteroatoms. The summed E-state index contributed by atoms with van der Waals surface area (Å²) in [6.45, 7) is 3.28. The number of rotatable bonds is 6. The highest BCUT2D eigenvalue weighted by molar-refractivity contribution is 5.34. The second-order valence-electron chi connectivity index (χ2n) is 8.33. The molecule has 0 atom stereocenters. The topological polar surface area (TPSA) is 65.1 Å². The van der Waals surface area contributed by atoms with Gasteiger partial charge in [-0.05, 0) is 16.7 Å². The maximum Gasteiger partial charge on any atom is 0.274 e. The molecule has 0 spiro atoms. The van der Waals surface area contributed by atoms with E-state index in [9.17, 15) is 4.79 Å². The molecule has 1 N–H and O–H groups in total. The summed E-state index contributed by atoms with van der Waals surface area (Å²) in [6.07, 6.45) is 0.479. The normalized spacial score (nSPS) is 14.5. The van der Waals surface area contributed by atoms with Gasteiger partial charge in [0.2, 0.25) is 5.95 Å². The van der Waals surface area contributed by atoms with Gasteiger partial charge in [0.1, 0.15) is 5.69 Å². The van der Waals surface area contributed by atoms with E-state index in [0.717, 1.165) is 31.7 Å². The maximum absolute atomic E-state index is 12.6. The standard InChI is InChI=1S/C27H27N5O/c33-26-24(20-21-10-4-1-5-11-21)29-30-27(28-26)32-18-16-31(17-19-32)25(22-12-6-2-7-13-22)23-14-8-3-9-15-23/h1-15,25H,16-20H2,(H,28,30,33). The average molecular weight is 438 g/mol. The molecule has 5 rings (SSSR count). The molecule has 0 saturated carbocycles. The third kappa shape index (κ3) is 4.86. The van der Waals surface area contributed by atoms with Crippen molar-refractivity contribution in [1.82, 2.24) is 20.1 Å². The highest BCUT2D eigenvalue weighted by atomic mass is 16.1. The van der Waals surface area contributed by atoms with Gasteiger partial charge in [-0.3, -0.25) is 14.7 Å². The molecular formula is C27H27N5O. The number of piperazine rings is 1. The summed E-state index contributed by atoms with van der Waals surface area (Å²) < 4.78 is 0. The van der Waals surface area contributed by atoms with Gasteiger partial charge in [-0.25, -0.2) is 0 Å². The average Bonchev–Trinajstić information content (AvgIpc) is 2.88. The van der Waals surface area contributed by atoms with Crippen molar-refractivity contribution in [2.75, 3.05) is 31.1 Å². The molecule has 0 amide bonds. The summed E-state index contributed by atoms with van der Waals surface area (Å²) in [6, 6.07) is 31.3. The number of anilines is 1. The van der Waals surface area contributed by atoms with Crippen LogP contribution in [-0.4, -0.2) is 46.3 Å². The minimum Gasteiger partial charge on any atom is -0.338 e. The van der Waals surface area contributed by atoms with Crippen LogP contribution >= 0.6 is 0 Å². The van der Waals surface area contributed by atoms with Crippen molar-refractivity contribution in [2.45, 2.75) is 12.5 Å². The van der Waals surface area contributed by atoms with E-state index in [1.54, 1.807) is 0 Å². The Bertz CT molecular complexity index is 1180. The van der Waals surface area contributed by atoms with Crippen LogP contribution < -0.4 is 10.5 Å². The van der Waals surface area contributed by atoms with Crippen LogP contribution in [0.15, 0.2) is 95.8 Å². The van der Waals surface area contributed by atoms with Crippen molar-refractivity contribution in [2.24, 2.45) is 0 Å². The second-order valence-corrected chi connectivity index (χ2v) is 8.33. The minimum absolute atomic E-state index is 0.169. The van der Waals surface area contributed by atoms with E-state index in [4.69, 9.17) is 0 Å². The highest BCUT2D eigenvalue weighted by Crippen LogP contribution is 2.29. The molecule has 3 aromatic carbocycles. The number of nitrogens with one attached hydrogen (secondary N) is 1. The van der Waals surface area contributed by atoms with Crippen molar-refractivity contribution in [3.05, 3.63) is 124 Å². The zero-order chi connectivity index (χ0) is 22.5. The molecule has 0 unspecified atom stereocenters. The van der Waals surface area contributed by atoms with Crippen LogP contribution in [0.1, 0.15) is 28.4 Å². The van der Waals surface area contributed by atoms with Crippen LogP contribution in [0.5, 0.6) is 0 Å². The Morgan fingerprint density at radius 2 is 1.27 bits per heavy atom. The molecule has 1 aliphatic heterocycles. The third-order valence-electron chi connectivity index (χ3n) is 6.18. The van der Waals surface area contributed by atoms with E-state index in [2.05, 4.69) is 85.6 Å². The fourth-order valence-electron chi connectivity index (χ4n) is 4.48. The molecule has 6 nitrogen and oxygen atoms in total. The number of aromatic amines is 1. The number of hydrogen-bond donors (Lipinski definition) is 1. The molecule has 0 aliphatic carbocycles. The summed E-state index contributed by atoms with van der Waals surface area (Å²) >= 11 is 0. The Balaban J connectivity index is 1.30. The lowest BCUT2D eigenvalue weighted by Crippen LogP contribution is -2.49. The van der Waals surface area contributed by atoms with Gasteiger partial charge in [0.05, 0.1) is 6.04 Å². The lowest BCUT2D eigenvalue weighted by Gasteiger charge is -2.39. The minimum atomic E-state index is -0.169. The summed E-state index contributed by atoms with van der Waals surface area (Å²) in [5, 5.41) is 8.60. The van der Waals surface area contributed by atoms with Crippen molar-refractivity contribution in [1.29, 1.82) is 0 Å². The first-order valence-electron chi connectivity index (χ1n) is 11.4. The van der Waals surface area contributed by atoms with Crippen molar-refractivity contribution in [3.8, 4) is 0 Å². The molecule has 1 saturated heterocycles. The van der Waals surface area contributed by atoms with Crippen LogP contribution in [-0.2, 0) is 6.42 Å². The maximum atomic E-state index is 12.6. The molecule has 1 fully saturated rings. The Kier molecular flexibility index (Phi) is 6.26. The first-order valence-corrected chi connectivity index (χ1v) is 11.4. The Hall–Kier alpha value is -3.77. The Morgan fingerprint density at radius 3 is 1.82 bits per heavy atom. The number of nitrogens with zero attached hydrogens (tertiary/aromatic N) is 4. The Morgan fingerprint density at radius 1 is 0.727 bits per heavy atom. The molecule has 0 bridgehead atoms.